The molecule has 0 unspecified atom stereocenters. The lowest BCUT2D eigenvalue weighted by Crippen LogP contribution is -2.57. The maximum absolute atomic E-state index is 3.56. The molecule has 0 aromatic heterocycles. The largest absolute Gasteiger partial charge is 0.314 e. The first-order valence-electron chi connectivity index (χ1n) is 5.89. The Morgan fingerprint density at radius 1 is 1.29 bits per heavy atom. The van der Waals surface area contributed by atoms with Gasteiger partial charge in [0, 0.05) is 40.7 Å². The van der Waals surface area contributed by atoms with Gasteiger partial charge < -0.3 is 5.32 Å². The van der Waals surface area contributed by atoms with Gasteiger partial charge in [-0.15, -0.1) is 0 Å². The van der Waals surface area contributed by atoms with Crippen LogP contribution in [-0.2, 0) is 6.54 Å². The van der Waals surface area contributed by atoms with Crippen molar-refractivity contribution in [2.45, 2.75) is 25.9 Å². The first-order chi connectivity index (χ1) is 7.99. The topological polar surface area (TPSA) is 15.3 Å². The van der Waals surface area contributed by atoms with Crippen molar-refractivity contribution in [1.82, 2.24) is 10.2 Å². The van der Waals surface area contributed by atoms with Crippen molar-refractivity contribution >= 4 is 31.9 Å². The van der Waals surface area contributed by atoms with Gasteiger partial charge in [0.05, 0.1) is 0 Å². The van der Waals surface area contributed by atoms with E-state index in [1.54, 1.807) is 0 Å². The van der Waals surface area contributed by atoms with Gasteiger partial charge in [0.2, 0.25) is 0 Å². The molecule has 1 aromatic carbocycles. The van der Waals surface area contributed by atoms with Gasteiger partial charge in [0.25, 0.3) is 0 Å². The Kier molecular flexibility index (Phi) is 4.29. The maximum atomic E-state index is 3.56. The van der Waals surface area contributed by atoms with Gasteiger partial charge in [0.1, 0.15) is 0 Å². The Morgan fingerprint density at radius 2 is 2.06 bits per heavy atom. The number of hydrogen-bond acceptors (Lipinski definition) is 2. The van der Waals surface area contributed by atoms with Crippen molar-refractivity contribution < 1.29 is 0 Å². The third kappa shape index (κ3) is 3.31. The van der Waals surface area contributed by atoms with E-state index in [-0.39, 0.29) is 5.54 Å². The molecule has 1 aromatic rings. The van der Waals surface area contributed by atoms with E-state index in [2.05, 4.69) is 74.1 Å². The van der Waals surface area contributed by atoms with Crippen LogP contribution in [0.5, 0.6) is 0 Å². The minimum absolute atomic E-state index is 0.234. The highest BCUT2D eigenvalue weighted by Gasteiger charge is 2.29. The highest BCUT2D eigenvalue weighted by Crippen LogP contribution is 2.26. The second kappa shape index (κ2) is 5.39. The number of hydrogen-bond donors (Lipinski definition) is 1. The van der Waals surface area contributed by atoms with E-state index in [1.165, 1.54) is 5.56 Å². The number of benzene rings is 1. The van der Waals surface area contributed by atoms with Crippen LogP contribution in [0.25, 0.3) is 0 Å². The van der Waals surface area contributed by atoms with Gasteiger partial charge in [0.15, 0.2) is 0 Å². The van der Waals surface area contributed by atoms with Crippen LogP contribution >= 0.6 is 31.9 Å². The molecule has 0 bridgehead atoms. The Hall–Kier alpha value is 0.1000. The van der Waals surface area contributed by atoms with E-state index < -0.39 is 0 Å². The van der Waals surface area contributed by atoms with Crippen molar-refractivity contribution in [3.63, 3.8) is 0 Å². The van der Waals surface area contributed by atoms with Gasteiger partial charge in [-0.05, 0) is 63.4 Å². The summed E-state index contributed by atoms with van der Waals surface area (Å²) in [7, 11) is 0. The van der Waals surface area contributed by atoms with E-state index >= 15 is 0 Å². The van der Waals surface area contributed by atoms with Crippen LogP contribution < -0.4 is 5.32 Å². The third-order valence-corrected chi connectivity index (χ3v) is 5.21. The van der Waals surface area contributed by atoms with Gasteiger partial charge >= 0.3 is 0 Å². The van der Waals surface area contributed by atoms with Crippen molar-refractivity contribution in [2.75, 3.05) is 19.6 Å². The second-order valence-corrected chi connectivity index (χ2v) is 6.87. The van der Waals surface area contributed by atoms with Crippen molar-refractivity contribution in [3.05, 3.63) is 32.7 Å². The number of piperazine rings is 1. The first-order valence-corrected chi connectivity index (χ1v) is 7.47. The minimum atomic E-state index is 0.234. The predicted octanol–water partition coefficient (Wildman–Crippen LogP) is 3.40. The Labute approximate surface area is 120 Å². The van der Waals surface area contributed by atoms with Crippen LogP contribution in [0.3, 0.4) is 0 Å². The zero-order chi connectivity index (χ0) is 12.5. The van der Waals surface area contributed by atoms with Crippen molar-refractivity contribution in [2.24, 2.45) is 0 Å². The number of rotatable bonds is 2. The van der Waals surface area contributed by atoms with Crippen LogP contribution in [0.15, 0.2) is 27.1 Å². The molecule has 1 N–H and O–H groups in total. The lowest BCUT2D eigenvalue weighted by molar-refractivity contribution is 0.0827. The molecule has 0 atom stereocenters. The molecular formula is C13H18Br2N2. The van der Waals surface area contributed by atoms with Crippen LogP contribution in [0.1, 0.15) is 19.4 Å². The first kappa shape index (κ1) is 13.5. The number of nitrogens with zero attached hydrogens (tertiary/aromatic N) is 1. The standard InChI is InChI=1S/C13H18Br2N2/c1-13(2)9-16-5-6-17(13)8-10-3-4-11(14)12(15)7-10/h3-4,7,16H,5-6,8-9H2,1-2H3. The zero-order valence-electron chi connectivity index (χ0n) is 10.3. The predicted molar refractivity (Wildman–Crippen MR) is 79.2 cm³/mol. The summed E-state index contributed by atoms with van der Waals surface area (Å²) in [6, 6.07) is 6.49. The summed E-state index contributed by atoms with van der Waals surface area (Å²) >= 11 is 7.07. The molecule has 1 fully saturated rings. The summed E-state index contributed by atoms with van der Waals surface area (Å²) in [6.07, 6.45) is 0. The molecular weight excluding hydrogens is 344 g/mol. The van der Waals surface area contributed by atoms with E-state index in [1.807, 2.05) is 0 Å². The fourth-order valence-corrected chi connectivity index (χ4v) is 2.85. The van der Waals surface area contributed by atoms with Crippen LogP contribution in [0.2, 0.25) is 0 Å². The highest BCUT2D eigenvalue weighted by atomic mass is 79.9. The van der Waals surface area contributed by atoms with E-state index in [0.717, 1.165) is 35.1 Å². The van der Waals surface area contributed by atoms with Crippen LogP contribution in [-0.4, -0.2) is 30.1 Å². The molecule has 0 amide bonds. The Bertz CT molecular complexity index is 404. The number of halogens is 2. The summed E-state index contributed by atoms with van der Waals surface area (Å²) < 4.78 is 2.24. The van der Waals surface area contributed by atoms with E-state index in [0.29, 0.717) is 0 Å². The summed E-state index contributed by atoms with van der Waals surface area (Å²) in [5, 5.41) is 3.45. The number of nitrogens with one attached hydrogen (secondary N) is 1. The zero-order valence-corrected chi connectivity index (χ0v) is 13.4. The molecule has 17 heavy (non-hydrogen) atoms. The third-order valence-electron chi connectivity index (χ3n) is 3.33. The quantitative estimate of drug-likeness (QED) is 0.868. The van der Waals surface area contributed by atoms with E-state index in [4.69, 9.17) is 0 Å². The van der Waals surface area contributed by atoms with Gasteiger partial charge in [-0.3, -0.25) is 4.90 Å². The fourth-order valence-electron chi connectivity index (χ4n) is 2.17. The maximum Gasteiger partial charge on any atom is 0.0320 e. The molecule has 0 saturated carbocycles. The lowest BCUT2D eigenvalue weighted by Gasteiger charge is -2.43. The molecule has 0 aliphatic carbocycles. The van der Waals surface area contributed by atoms with Gasteiger partial charge in [-0.1, -0.05) is 6.07 Å². The summed E-state index contributed by atoms with van der Waals surface area (Å²) in [4.78, 5) is 2.54. The molecule has 94 valence electrons. The smallest absolute Gasteiger partial charge is 0.0320 e. The van der Waals surface area contributed by atoms with Crippen LogP contribution in [0, 0.1) is 0 Å². The fraction of sp³-hybridized carbons (Fsp3) is 0.538. The Morgan fingerprint density at radius 3 is 2.71 bits per heavy atom. The molecule has 2 rings (SSSR count). The average Bonchev–Trinajstić information content (AvgIpc) is 2.26. The summed E-state index contributed by atoms with van der Waals surface area (Å²) in [5.74, 6) is 0. The molecule has 0 spiro atoms. The molecule has 1 aliphatic heterocycles. The van der Waals surface area contributed by atoms with Crippen LogP contribution in [0.4, 0.5) is 0 Å². The molecule has 1 saturated heterocycles. The SMILES string of the molecule is CC1(C)CNCCN1Cc1ccc(Br)c(Br)c1. The highest BCUT2D eigenvalue weighted by molar-refractivity contribution is 9.13. The molecule has 4 heteroatoms. The van der Waals surface area contributed by atoms with Crippen molar-refractivity contribution in [3.8, 4) is 0 Å². The monoisotopic (exact) mass is 360 g/mol. The van der Waals surface area contributed by atoms with Gasteiger partial charge in [-0.2, -0.15) is 0 Å². The lowest BCUT2D eigenvalue weighted by atomic mass is 9.99. The minimum Gasteiger partial charge on any atom is -0.314 e. The van der Waals surface area contributed by atoms with Crippen molar-refractivity contribution in [1.29, 1.82) is 0 Å². The molecule has 1 heterocycles. The molecule has 1 aliphatic rings. The Balaban J connectivity index is 2.11. The normalized spacial score (nSPS) is 20.5. The average molecular weight is 362 g/mol. The second-order valence-electron chi connectivity index (χ2n) is 5.16. The molecule has 0 radical (unpaired) electrons. The van der Waals surface area contributed by atoms with E-state index in [9.17, 15) is 0 Å². The molecule has 2 nitrogen and oxygen atoms in total. The van der Waals surface area contributed by atoms with Gasteiger partial charge in [-0.25, -0.2) is 0 Å². The summed E-state index contributed by atoms with van der Waals surface area (Å²) in [5.41, 5.74) is 1.59. The summed E-state index contributed by atoms with van der Waals surface area (Å²) in [6.45, 7) is 8.87.